The average Bonchev–Trinajstić information content (AvgIpc) is 2.66. The van der Waals surface area contributed by atoms with Crippen molar-refractivity contribution in [3.8, 4) is 17.2 Å². The summed E-state index contributed by atoms with van der Waals surface area (Å²) < 4.78 is 54.8. The Morgan fingerprint density at radius 2 is 1.90 bits per heavy atom. The van der Waals surface area contributed by atoms with Crippen LogP contribution in [0.4, 0.5) is 18.9 Å². The molecule has 0 heterocycles. The van der Waals surface area contributed by atoms with E-state index in [9.17, 15) is 28.1 Å². The van der Waals surface area contributed by atoms with Gasteiger partial charge < -0.3 is 19.3 Å². The van der Waals surface area contributed by atoms with Crippen molar-refractivity contribution in [3.63, 3.8) is 0 Å². The van der Waals surface area contributed by atoms with E-state index < -0.39 is 34.1 Å². The SMILES string of the molecule is COCCOc1ccc(C=CC(=O)O)c(Oc2cc(C(F)(F)F)ccc2[N+](=O)[O-])c1. The summed E-state index contributed by atoms with van der Waals surface area (Å²) in [7, 11) is 1.46. The van der Waals surface area contributed by atoms with Crippen molar-refractivity contribution in [2.24, 2.45) is 0 Å². The number of ether oxygens (including phenoxy) is 3. The van der Waals surface area contributed by atoms with E-state index in [2.05, 4.69) is 0 Å². The van der Waals surface area contributed by atoms with Gasteiger partial charge in [0.05, 0.1) is 17.1 Å². The molecule has 8 nitrogen and oxygen atoms in total. The predicted molar refractivity (Wildman–Crippen MR) is 98.7 cm³/mol. The van der Waals surface area contributed by atoms with Crippen molar-refractivity contribution in [2.45, 2.75) is 6.18 Å². The zero-order valence-electron chi connectivity index (χ0n) is 15.5. The Morgan fingerprint density at radius 3 is 2.50 bits per heavy atom. The van der Waals surface area contributed by atoms with Crippen LogP contribution in [0, 0.1) is 10.1 Å². The number of hydrogen-bond acceptors (Lipinski definition) is 6. The van der Waals surface area contributed by atoms with E-state index in [0.29, 0.717) is 18.2 Å². The molecule has 0 saturated heterocycles. The van der Waals surface area contributed by atoms with Crippen molar-refractivity contribution >= 4 is 17.7 Å². The van der Waals surface area contributed by atoms with Gasteiger partial charge in [-0.05, 0) is 24.3 Å². The molecule has 160 valence electrons. The first-order valence-corrected chi connectivity index (χ1v) is 8.32. The molecule has 0 radical (unpaired) electrons. The average molecular weight is 427 g/mol. The maximum Gasteiger partial charge on any atom is 0.416 e. The second kappa shape index (κ2) is 9.74. The Hall–Kier alpha value is -3.60. The molecule has 11 heteroatoms. The molecular weight excluding hydrogens is 411 g/mol. The number of carbonyl (C=O) groups is 1. The Kier molecular flexibility index (Phi) is 7.37. The van der Waals surface area contributed by atoms with Gasteiger partial charge in [0.2, 0.25) is 5.75 Å². The summed E-state index contributed by atoms with van der Waals surface area (Å²) in [6.07, 6.45) is -2.82. The van der Waals surface area contributed by atoms with E-state index in [4.69, 9.17) is 19.3 Å². The fourth-order valence-electron chi connectivity index (χ4n) is 2.28. The monoisotopic (exact) mass is 427 g/mol. The van der Waals surface area contributed by atoms with Crippen molar-refractivity contribution < 1.29 is 42.2 Å². The zero-order valence-corrected chi connectivity index (χ0v) is 15.5. The summed E-state index contributed by atoms with van der Waals surface area (Å²) in [4.78, 5) is 21.1. The molecular formula is C19H16F3NO7. The minimum atomic E-state index is -4.75. The normalized spacial score (nSPS) is 11.5. The van der Waals surface area contributed by atoms with Crippen molar-refractivity contribution in [3.05, 3.63) is 63.7 Å². The second-order valence-electron chi connectivity index (χ2n) is 5.75. The third kappa shape index (κ3) is 6.21. The highest BCUT2D eigenvalue weighted by Crippen LogP contribution is 2.39. The molecule has 30 heavy (non-hydrogen) atoms. The number of nitro benzene ring substituents is 1. The van der Waals surface area contributed by atoms with Crippen LogP contribution in [0.25, 0.3) is 6.08 Å². The molecule has 0 unspecified atom stereocenters. The van der Waals surface area contributed by atoms with Gasteiger partial charge in [0.15, 0.2) is 0 Å². The number of carboxylic acid groups (broad SMARTS) is 1. The Morgan fingerprint density at radius 1 is 1.17 bits per heavy atom. The third-order valence-corrected chi connectivity index (χ3v) is 3.65. The van der Waals surface area contributed by atoms with E-state index >= 15 is 0 Å². The molecule has 0 saturated carbocycles. The number of benzene rings is 2. The summed E-state index contributed by atoms with van der Waals surface area (Å²) >= 11 is 0. The lowest BCUT2D eigenvalue weighted by molar-refractivity contribution is -0.385. The van der Waals surface area contributed by atoms with Crippen LogP contribution in [0.1, 0.15) is 11.1 Å². The molecule has 2 aromatic rings. The van der Waals surface area contributed by atoms with Crippen LogP contribution in [0.15, 0.2) is 42.5 Å². The number of rotatable bonds is 9. The lowest BCUT2D eigenvalue weighted by Gasteiger charge is -2.14. The van der Waals surface area contributed by atoms with Gasteiger partial charge in [-0.15, -0.1) is 0 Å². The number of nitro groups is 1. The van der Waals surface area contributed by atoms with Gasteiger partial charge in [0.1, 0.15) is 18.1 Å². The predicted octanol–water partition coefficient (Wildman–Crippen LogP) is 4.53. The van der Waals surface area contributed by atoms with Crippen LogP contribution in [0.5, 0.6) is 17.2 Å². The van der Waals surface area contributed by atoms with Crippen molar-refractivity contribution in [1.82, 2.24) is 0 Å². The first kappa shape index (κ1) is 22.7. The molecule has 0 amide bonds. The van der Waals surface area contributed by atoms with Gasteiger partial charge in [-0.3, -0.25) is 10.1 Å². The summed E-state index contributed by atoms with van der Waals surface area (Å²) in [5.41, 5.74) is -1.68. The molecule has 2 rings (SSSR count). The number of hydrogen-bond donors (Lipinski definition) is 1. The van der Waals surface area contributed by atoms with Crippen molar-refractivity contribution in [2.75, 3.05) is 20.3 Å². The lowest BCUT2D eigenvalue weighted by atomic mass is 10.1. The minimum absolute atomic E-state index is 0.134. The maximum absolute atomic E-state index is 13.0. The topological polar surface area (TPSA) is 108 Å². The molecule has 1 N–H and O–H groups in total. The summed E-state index contributed by atoms with van der Waals surface area (Å²) in [5.74, 6) is -1.82. The van der Waals surface area contributed by atoms with Crippen LogP contribution >= 0.6 is 0 Å². The van der Waals surface area contributed by atoms with E-state index in [1.165, 1.54) is 25.3 Å². The zero-order chi connectivity index (χ0) is 22.3. The highest BCUT2D eigenvalue weighted by molar-refractivity contribution is 5.86. The number of alkyl halides is 3. The van der Waals surface area contributed by atoms with Gasteiger partial charge in [0.25, 0.3) is 0 Å². The van der Waals surface area contributed by atoms with Crippen LogP contribution in [-0.2, 0) is 15.7 Å². The lowest BCUT2D eigenvalue weighted by Crippen LogP contribution is -2.06. The van der Waals surface area contributed by atoms with Gasteiger partial charge in [-0.1, -0.05) is 0 Å². The third-order valence-electron chi connectivity index (χ3n) is 3.65. The van der Waals surface area contributed by atoms with Crippen LogP contribution in [-0.4, -0.2) is 36.3 Å². The fourth-order valence-corrected chi connectivity index (χ4v) is 2.28. The Labute approximate surface area is 168 Å². The molecule has 0 bridgehead atoms. The molecule has 0 spiro atoms. The standard InChI is InChI=1S/C19H16F3NO7/c1-28-8-9-29-14-5-2-12(3-7-18(24)25)16(11-14)30-17-10-13(19(20,21)22)4-6-15(17)23(26)27/h2-7,10-11H,8-9H2,1H3,(H,24,25). The number of carboxylic acids is 1. The highest BCUT2D eigenvalue weighted by Gasteiger charge is 2.33. The van der Waals surface area contributed by atoms with Gasteiger partial charge in [-0.2, -0.15) is 13.2 Å². The second-order valence-corrected chi connectivity index (χ2v) is 5.75. The summed E-state index contributed by atoms with van der Waals surface area (Å²) in [5, 5.41) is 20.0. The quantitative estimate of drug-likeness (QED) is 0.271. The first-order chi connectivity index (χ1) is 14.1. The number of methoxy groups -OCH3 is 1. The van der Waals surface area contributed by atoms with E-state index in [-0.39, 0.29) is 30.3 Å². The molecule has 0 aromatic heterocycles. The van der Waals surface area contributed by atoms with Crippen LogP contribution in [0.3, 0.4) is 0 Å². The molecule has 0 aliphatic carbocycles. The minimum Gasteiger partial charge on any atom is -0.491 e. The maximum atomic E-state index is 13.0. The number of aliphatic carboxylic acids is 1. The number of halogens is 3. The molecule has 0 atom stereocenters. The largest absolute Gasteiger partial charge is 0.491 e. The number of nitrogens with zero attached hydrogens (tertiary/aromatic N) is 1. The highest BCUT2D eigenvalue weighted by atomic mass is 19.4. The Bertz CT molecular complexity index is 958. The molecule has 2 aromatic carbocycles. The van der Waals surface area contributed by atoms with E-state index in [1.54, 1.807) is 0 Å². The van der Waals surface area contributed by atoms with Crippen molar-refractivity contribution in [1.29, 1.82) is 0 Å². The van der Waals surface area contributed by atoms with Crippen LogP contribution in [0.2, 0.25) is 0 Å². The van der Waals surface area contributed by atoms with Gasteiger partial charge in [0, 0.05) is 36.9 Å². The Balaban J connectivity index is 2.51. The first-order valence-electron chi connectivity index (χ1n) is 8.32. The molecule has 0 aliphatic heterocycles. The smallest absolute Gasteiger partial charge is 0.416 e. The van der Waals surface area contributed by atoms with E-state index in [0.717, 1.165) is 12.2 Å². The molecule has 0 aliphatic rings. The van der Waals surface area contributed by atoms with E-state index in [1.807, 2.05) is 0 Å². The van der Waals surface area contributed by atoms with Gasteiger partial charge >= 0.3 is 17.8 Å². The fraction of sp³-hybridized carbons (Fsp3) is 0.211. The summed E-state index contributed by atoms with van der Waals surface area (Å²) in [6, 6.07) is 5.91. The van der Waals surface area contributed by atoms with Crippen LogP contribution < -0.4 is 9.47 Å². The molecule has 0 fully saturated rings. The van der Waals surface area contributed by atoms with Gasteiger partial charge in [-0.25, -0.2) is 4.79 Å². The summed E-state index contributed by atoms with van der Waals surface area (Å²) in [6.45, 7) is 0.417.